The largest absolute Gasteiger partial charge is 0.507 e. The molecule has 162 valence electrons. The molecule has 0 aliphatic carbocycles. The number of carbonyl (C=O) groups is 1. The lowest BCUT2D eigenvalue weighted by Gasteiger charge is -2.15. The second kappa shape index (κ2) is 10.3. The van der Waals surface area contributed by atoms with Crippen molar-refractivity contribution in [1.29, 1.82) is 0 Å². The Morgan fingerprint density at radius 3 is 2.57 bits per heavy atom. The lowest BCUT2D eigenvalue weighted by atomic mass is 9.92. The smallest absolute Gasteiger partial charge is 0.343 e. The first kappa shape index (κ1) is 23.5. The molecule has 0 aliphatic heterocycles. The van der Waals surface area contributed by atoms with Gasteiger partial charge in [-0.25, -0.2) is 4.79 Å². The molecule has 0 aliphatic rings. The van der Waals surface area contributed by atoms with Crippen molar-refractivity contribution in [2.24, 2.45) is 5.92 Å². The molecule has 0 bridgehead atoms. The highest BCUT2D eigenvalue weighted by Gasteiger charge is 2.21. The molecule has 0 saturated heterocycles. The van der Waals surface area contributed by atoms with Gasteiger partial charge in [-0.05, 0) is 50.8 Å². The van der Waals surface area contributed by atoms with E-state index in [9.17, 15) is 14.7 Å². The lowest BCUT2D eigenvalue weighted by Crippen LogP contribution is -2.12. The molecule has 2 rings (SSSR count). The third kappa shape index (κ3) is 5.85. The third-order valence-electron chi connectivity index (χ3n) is 5.26. The number of ketones is 1. The van der Waals surface area contributed by atoms with Crippen LogP contribution >= 0.6 is 0 Å². The van der Waals surface area contributed by atoms with E-state index in [4.69, 9.17) is 9.15 Å². The number of methoxy groups -OCH3 is 1. The van der Waals surface area contributed by atoms with Crippen molar-refractivity contribution in [3.8, 4) is 11.5 Å². The van der Waals surface area contributed by atoms with Crippen LogP contribution in [0.1, 0.15) is 65.4 Å². The molecule has 0 spiro atoms. The minimum atomic E-state index is -0.552. The number of hydrogen-bond donors (Lipinski definition) is 1. The van der Waals surface area contributed by atoms with Gasteiger partial charge in [0.2, 0.25) is 0 Å². The summed E-state index contributed by atoms with van der Waals surface area (Å²) in [5.74, 6) is 0.718. The van der Waals surface area contributed by atoms with E-state index in [2.05, 4.69) is 0 Å². The van der Waals surface area contributed by atoms with Gasteiger partial charge in [0.1, 0.15) is 17.1 Å². The predicted octanol–water partition coefficient (Wildman–Crippen LogP) is 5.90. The summed E-state index contributed by atoms with van der Waals surface area (Å²) in [6, 6.07) is 4.99. The van der Waals surface area contributed by atoms with Crippen LogP contribution in [0.2, 0.25) is 0 Å². The van der Waals surface area contributed by atoms with Crippen molar-refractivity contribution in [1.82, 2.24) is 0 Å². The average molecular weight is 413 g/mol. The summed E-state index contributed by atoms with van der Waals surface area (Å²) in [7, 11) is 1.53. The van der Waals surface area contributed by atoms with E-state index in [0.717, 1.165) is 24.0 Å². The summed E-state index contributed by atoms with van der Waals surface area (Å²) in [5.41, 5.74) is 2.00. The van der Waals surface area contributed by atoms with Crippen molar-refractivity contribution in [2.45, 2.75) is 59.8 Å². The van der Waals surface area contributed by atoms with Gasteiger partial charge in [-0.2, -0.15) is 0 Å². The first-order valence-electron chi connectivity index (χ1n) is 10.3. The average Bonchev–Trinajstić information content (AvgIpc) is 2.66. The number of fused-ring (bicyclic) bond motifs is 1. The van der Waals surface area contributed by atoms with E-state index >= 15 is 0 Å². The molecule has 0 radical (unpaired) electrons. The molecule has 2 aromatic rings. The number of aromatic hydroxyl groups is 1. The van der Waals surface area contributed by atoms with Crippen molar-refractivity contribution >= 4 is 16.8 Å². The van der Waals surface area contributed by atoms with Gasteiger partial charge in [0.15, 0.2) is 5.78 Å². The second-order valence-corrected chi connectivity index (χ2v) is 8.28. The van der Waals surface area contributed by atoms with Crippen LogP contribution in [0.15, 0.2) is 50.7 Å². The number of benzene rings is 1. The fraction of sp³-hybridized carbons (Fsp3) is 0.440. The van der Waals surface area contributed by atoms with Gasteiger partial charge in [-0.15, -0.1) is 0 Å². The molecule has 1 N–H and O–H groups in total. The molecular formula is C25H32O5. The Hall–Kier alpha value is -2.82. The molecule has 1 aromatic carbocycles. The molecule has 1 aromatic heterocycles. The Morgan fingerprint density at radius 1 is 1.23 bits per heavy atom. The van der Waals surface area contributed by atoms with E-state index in [1.807, 2.05) is 40.7 Å². The molecular weight excluding hydrogens is 380 g/mol. The Kier molecular flexibility index (Phi) is 8.04. The summed E-state index contributed by atoms with van der Waals surface area (Å²) < 4.78 is 10.6. The molecule has 0 fully saturated rings. The molecule has 1 unspecified atom stereocenters. The van der Waals surface area contributed by atoms with Gasteiger partial charge >= 0.3 is 5.63 Å². The highest BCUT2D eigenvalue weighted by atomic mass is 16.5. The molecule has 1 atom stereocenters. The molecule has 30 heavy (non-hydrogen) atoms. The standard InChI is InChI=1S/C25H32O5/c1-15(2)12-19(26)13-16(3)8-7-9-17(4)18(5)23-24(27)21-11-10-20(29-6)14-22(21)30-25(23)28/h9-11,13-15,18,27H,7-8,12H2,1-6H3/b16-13-,17-9+. The van der Waals surface area contributed by atoms with Crippen LogP contribution < -0.4 is 10.4 Å². The van der Waals surface area contributed by atoms with Crippen LogP contribution in [0.4, 0.5) is 0 Å². The number of hydrogen-bond acceptors (Lipinski definition) is 5. The fourth-order valence-electron chi connectivity index (χ4n) is 3.43. The van der Waals surface area contributed by atoms with Crippen LogP contribution in [0, 0.1) is 5.92 Å². The summed E-state index contributed by atoms with van der Waals surface area (Å²) in [6.45, 7) is 9.84. The van der Waals surface area contributed by atoms with Gasteiger partial charge in [0.25, 0.3) is 0 Å². The van der Waals surface area contributed by atoms with Crippen LogP contribution in [0.5, 0.6) is 11.5 Å². The lowest BCUT2D eigenvalue weighted by molar-refractivity contribution is -0.115. The van der Waals surface area contributed by atoms with Crippen LogP contribution in [-0.2, 0) is 4.79 Å². The molecule has 5 heteroatoms. The maximum atomic E-state index is 12.5. The van der Waals surface area contributed by atoms with Gasteiger partial charge in [0, 0.05) is 18.4 Å². The Labute approximate surface area is 178 Å². The predicted molar refractivity (Wildman–Crippen MR) is 120 cm³/mol. The number of rotatable bonds is 9. The number of allylic oxidation sites excluding steroid dienone is 4. The zero-order valence-corrected chi connectivity index (χ0v) is 18.7. The first-order chi connectivity index (χ1) is 14.1. The monoisotopic (exact) mass is 412 g/mol. The molecule has 0 saturated carbocycles. The quantitative estimate of drug-likeness (QED) is 0.315. The van der Waals surface area contributed by atoms with Gasteiger partial charge in [-0.3, -0.25) is 4.79 Å². The van der Waals surface area contributed by atoms with E-state index in [-0.39, 0.29) is 23.0 Å². The summed E-state index contributed by atoms with van der Waals surface area (Å²) >= 11 is 0. The molecule has 1 heterocycles. The zero-order chi connectivity index (χ0) is 22.4. The molecule has 0 amide bonds. The highest BCUT2D eigenvalue weighted by Crippen LogP contribution is 2.35. The Morgan fingerprint density at radius 2 is 1.93 bits per heavy atom. The number of ether oxygens (including phenoxy) is 1. The topological polar surface area (TPSA) is 76.7 Å². The van der Waals surface area contributed by atoms with Crippen LogP contribution in [0.25, 0.3) is 11.0 Å². The SMILES string of the molecule is COc1ccc2c(O)c(C(C)/C(C)=C/CC/C(C)=C\C(=O)CC(C)C)c(=O)oc2c1. The van der Waals surface area contributed by atoms with E-state index in [1.54, 1.807) is 24.3 Å². The normalized spacial score (nSPS) is 13.7. The maximum absolute atomic E-state index is 12.5. The van der Waals surface area contributed by atoms with Crippen molar-refractivity contribution in [3.63, 3.8) is 0 Å². The van der Waals surface area contributed by atoms with Crippen molar-refractivity contribution < 1.29 is 19.1 Å². The van der Waals surface area contributed by atoms with Gasteiger partial charge < -0.3 is 14.3 Å². The van der Waals surface area contributed by atoms with Crippen molar-refractivity contribution in [2.75, 3.05) is 7.11 Å². The van der Waals surface area contributed by atoms with Crippen LogP contribution in [0.3, 0.4) is 0 Å². The Bertz CT molecular complexity index is 1020. The van der Waals surface area contributed by atoms with E-state index < -0.39 is 5.63 Å². The number of carbonyl (C=O) groups excluding carboxylic acids is 1. The van der Waals surface area contributed by atoms with E-state index in [0.29, 0.717) is 29.1 Å². The summed E-state index contributed by atoms with van der Waals surface area (Å²) in [5, 5.41) is 11.2. The zero-order valence-electron chi connectivity index (χ0n) is 18.7. The van der Waals surface area contributed by atoms with Crippen LogP contribution in [-0.4, -0.2) is 18.0 Å². The summed E-state index contributed by atoms with van der Waals surface area (Å²) in [4.78, 5) is 24.5. The third-order valence-corrected chi connectivity index (χ3v) is 5.26. The first-order valence-corrected chi connectivity index (χ1v) is 10.3. The molecule has 5 nitrogen and oxygen atoms in total. The van der Waals surface area contributed by atoms with Gasteiger partial charge in [0.05, 0.1) is 18.1 Å². The van der Waals surface area contributed by atoms with Crippen molar-refractivity contribution in [3.05, 3.63) is 57.5 Å². The van der Waals surface area contributed by atoms with E-state index in [1.165, 1.54) is 7.11 Å². The second-order valence-electron chi connectivity index (χ2n) is 8.28. The fourth-order valence-corrected chi connectivity index (χ4v) is 3.43. The Balaban J connectivity index is 2.18. The van der Waals surface area contributed by atoms with Gasteiger partial charge in [-0.1, -0.05) is 38.0 Å². The minimum Gasteiger partial charge on any atom is -0.507 e. The highest BCUT2D eigenvalue weighted by molar-refractivity contribution is 5.90. The minimum absolute atomic E-state index is 0.0560. The maximum Gasteiger partial charge on any atom is 0.343 e. The summed E-state index contributed by atoms with van der Waals surface area (Å²) in [6.07, 6.45) is 5.86.